The third kappa shape index (κ3) is 4.62. The quantitative estimate of drug-likeness (QED) is 0.402. The van der Waals surface area contributed by atoms with E-state index in [0.717, 1.165) is 16.9 Å². The number of amides is 3. The van der Waals surface area contributed by atoms with Crippen LogP contribution in [0.5, 0.6) is 5.75 Å². The number of rotatable bonds is 6. The Balaban J connectivity index is 1.92. The summed E-state index contributed by atoms with van der Waals surface area (Å²) in [6.07, 6.45) is 0. The van der Waals surface area contributed by atoms with Crippen LogP contribution in [0.1, 0.15) is 24.1 Å². The van der Waals surface area contributed by atoms with Crippen LogP contribution in [-0.4, -0.2) is 56.6 Å². The van der Waals surface area contributed by atoms with Crippen molar-refractivity contribution >= 4 is 17.9 Å². The first-order valence-corrected chi connectivity index (χ1v) is 8.16. The minimum Gasteiger partial charge on any atom is -0.496 e. The highest BCUT2D eigenvalue weighted by Crippen LogP contribution is 2.25. The number of aryl methyl sites for hydroxylation is 1. The van der Waals surface area contributed by atoms with Gasteiger partial charge in [0.2, 0.25) is 5.91 Å². The number of methoxy groups -OCH3 is 1. The van der Waals surface area contributed by atoms with Crippen molar-refractivity contribution in [3.63, 3.8) is 0 Å². The van der Waals surface area contributed by atoms with Crippen LogP contribution in [0.25, 0.3) is 0 Å². The molecule has 0 saturated carbocycles. The molecule has 1 unspecified atom stereocenters. The van der Waals surface area contributed by atoms with E-state index in [2.05, 4.69) is 27.0 Å². The zero-order valence-electron chi connectivity index (χ0n) is 15.0. The predicted octanol–water partition coefficient (Wildman–Crippen LogP) is 0.781. The maximum atomic E-state index is 11.6. The summed E-state index contributed by atoms with van der Waals surface area (Å²) in [7, 11) is 3.31. The molecule has 136 valence electrons. The molecule has 0 aromatic heterocycles. The summed E-state index contributed by atoms with van der Waals surface area (Å²) in [5.74, 6) is 1.18. The molecule has 1 aromatic rings. The van der Waals surface area contributed by atoms with Crippen LogP contribution < -0.4 is 20.7 Å². The van der Waals surface area contributed by atoms with Crippen LogP contribution in [0, 0.1) is 6.92 Å². The predicted molar refractivity (Wildman–Crippen MR) is 95.8 cm³/mol. The van der Waals surface area contributed by atoms with Crippen molar-refractivity contribution in [3.05, 3.63) is 29.3 Å². The number of ether oxygens (including phenoxy) is 1. The molecule has 8 heteroatoms. The molecule has 0 spiro atoms. The van der Waals surface area contributed by atoms with E-state index in [0.29, 0.717) is 12.5 Å². The minimum absolute atomic E-state index is 0.0298. The average Bonchev–Trinajstić information content (AvgIpc) is 2.92. The van der Waals surface area contributed by atoms with E-state index in [1.807, 2.05) is 26.0 Å². The number of hydrogen-bond acceptors (Lipinski definition) is 4. The largest absolute Gasteiger partial charge is 0.496 e. The molecule has 0 radical (unpaired) electrons. The molecule has 2 rings (SSSR count). The fourth-order valence-electron chi connectivity index (χ4n) is 2.64. The van der Waals surface area contributed by atoms with Crippen LogP contribution in [0.2, 0.25) is 0 Å². The summed E-state index contributed by atoms with van der Waals surface area (Å²) < 4.78 is 5.42. The van der Waals surface area contributed by atoms with Gasteiger partial charge in [0.05, 0.1) is 19.7 Å². The van der Waals surface area contributed by atoms with Gasteiger partial charge < -0.3 is 20.7 Å². The topological polar surface area (TPSA) is 95.1 Å². The number of carbonyl (C=O) groups is 2. The van der Waals surface area contributed by atoms with E-state index in [1.165, 1.54) is 4.90 Å². The molecule has 1 heterocycles. The van der Waals surface area contributed by atoms with Crippen molar-refractivity contribution in [1.29, 1.82) is 0 Å². The molecule has 1 aliphatic rings. The van der Waals surface area contributed by atoms with Gasteiger partial charge in [0, 0.05) is 25.7 Å². The van der Waals surface area contributed by atoms with Gasteiger partial charge in [-0.2, -0.15) is 0 Å². The lowest BCUT2D eigenvalue weighted by molar-refractivity contribution is -0.124. The van der Waals surface area contributed by atoms with Crippen LogP contribution in [0.4, 0.5) is 4.79 Å². The zero-order chi connectivity index (χ0) is 18.4. The van der Waals surface area contributed by atoms with E-state index in [4.69, 9.17) is 4.74 Å². The van der Waals surface area contributed by atoms with Crippen LogP contribution in [-0.2, 0) is 4.79 Å². The Kier molecular flexibility index (Phi) is 6.21. The number of nitrogens with one attached hydrogen (secondary N) is 3. The van der Waals surface area contributed by atoms with Crippen molar-refractivity contribution < 1.29 is 14.3 Å². The fourth-order valence-corrected chi connectivity index (χ4v) is 2.64. The lowest BCUT2D eigenvalue weighted by Gasteiger charge is -2.21. The van der Waals surface area contributed by atoms with Crippen LogP contribution in [0.15, 0.2) is 23.2 Å². The van der Waals surface area contributed by atoms with Crippen molar-refractivity contribution in [1.82, 2.24) is 20.9 Å². The molecule has 0 aliphatic carbocycles. The Labute approximate surface area is 147 Å². The minimum atomic E-state index is -0.354. The monoisotopic (exact) mass is 347 g/mol. The number of aliphatic imine (C=N–C) groups is 1. The maximum Gasteiger partial charge on any atom is 0.324 e. The summed E-state index contributed by atoms with van der Waals surface area (Å²) in [6, 6.07) is 5.62. The summed E-state index contributed by atoms with van der Waals surface area (Å²) in [5.41, 5.74) is 2.17. The van der Waals surface area contributed by atoms with Gasteiger partial charge in [-0.25, -0.2) is 4.79 Å². The molecular weight excluding hydrogens is 322 g/mol. The van der Waals surface area contributed by atoms with Crippen molar-refractivity contribution in [2.75, 3.05) is 33.8 Å². The van der Waals surface area contributed by atoms with Gasteiger partial charge in [0.25, 0.3) is 0 Å². The number of urea groups is 1. The first kappa shape index (κ1) is 18.6. The highest BCUT2D eigenvalue weighted by atomic mass is 16.5. The second-order valence-electron chi connectivity index (χ2n) is 5.81. The average molecular weight is 347 g/mol. The van der Waals surface area contributed by atoms with Gasteiger partial charge >= 0.3 is 6.03 Å². The second-order valence-corrected chi connectivity index (χ2v) is 5.81. The SMILES string of the molecule is CN=C(NCCN1C(=O)CNC1=O)NC(C)c1cc(C)ccc1OC. The third-order valence-electron chi connectivity index (χ3n) is 3.99. The molecule has 1 aliphatic heterocycles. The lowest BCUT2D eigenvalue weighted by Crippen LogP contribution is -2.43. The first-order valence-electron chi connectivity index (χ1n) is 8.16. The number of nitrogens with zero attached hydrogens (tertiary/aromatic N) is 2. The number of hydrogen-bond donors (Lipinski definition) is 3. The molecule has 1 atom stereocenters. The van der Waals surface area contributed by atoms with E-state index in [9.17, 15) is 9.59 Å². The van der Waals surface area contributed by atoms with E-state index < -0.39 is 0 Å². The smallest absolute Gasteiger partial charge is 0.324 e. The molecular formula is C17H25N5O3. The van der Waals surface area contributed by atoms with Crippen molar-refractivity contribution in [2.24, 2.45) is 4.99 Å². The molecule has 1 fully saturated rings. The number of imide groups is 1. The number of carbonyl (C=O) groups excluding carboxylic acids is 2. The summed E-state index contributed by atoms with van der Waals surface area (Å²) in [5, 5.41) is 8.89. The highest BCUT2D eigenvalue weighted by molar-refractivity contribution is 6.01. The zero-order valence-corrected chi connectivity index (χ0v) is 15.0. The second kappa shape index (κ2) is 8.36. The molecule has 3 amide bonds. The molecule has 0 bridgehead atoms. The summed E-state index contributed by atoms with van der Waals surface area (Å²) >= 11 is 0. The molecule has 3 N–H and O–H groups in total. The number of benzene rings is 1. The van der Waals surface area contributed by atoms with Crippen LogP contribution in [0.3, 0.4) is 0 Å². The highest BCUT2D eigenvalue weighted by Gasteiger charge is 2.27. The van der Waals surface area contributed by atoms with Gasteiger partial charge in [-0.1, -0.05) is 17.7 Å². The molecule has 25 heavy (non-hydrogen) atoms. The number of guanidine groups is 1. The van der Waals surface area contributed by atoms with Crippen LogP contribution >= 0.6 is 0 Å². The Morgan fingerprint density at radius 2 is 2.20 bits per heavy atom. The Hall–Kier alpha value is -2.77. The maximum absolute atomic E-state index is 11.6. The third-order valence-corrected chi connectivity index (χ3v) is 3.99. The summed E-state index contributed by atoms with van der Waals surface area (Å²) in [4.78, 5) is 28.4. The molecule has 1 aromatic carbocycles. The summed E-state index contributed by atoms with van der Waals surface area (Å²) in [6.45, 7) is 4.81. The van der Waals surface area contributed by atoms with E-state index >= 15 is 0 Å². The van der Waals surface area contributed by atoms with E-state index in [-0.39, 0.29) is 31.1 Å². The first-order chi connectivity index (χ1) is 12.0. The van der Waals surface area contributed by atoms with Gasteiger partial charge in [-0.15, -0.1) is 0 Å². The standard InChI is InChI=1S/C17H25N5O3/c1-11-5-6-14(25-4)13(9-11)12(2)21-16(18-3)19-7-8-22-15(23)10-20-17(22)24/h5-6,9,12H,7-8,10H2,1-4H3,(H,20,24)(H2,18,19,21). The van der Waals surface area contributed by atoms with Gasteiger partial charge in [-0.3, -0.25) is 14.7 Å². The Morgan fingerprint density at radius 3 is 2.80 bits per heavy atom. The molecule has 8 nitrogen and oxygen atoms in total. The normalized spacial score (nSPS) is 15.8. The Morgan fingerprint density at radius 1 is 1.44 bits per heavy atom. The van der Waals surface area contributed by atoms with Crippen molar-refractivity contribution in [3.8, 4) is 5.75 Å². The fraction of sp³-hybridized carbons (Fsp3) is 0.471. The van der Waals surface area contributed by atoms with Gasteiger partial charge in [-0.05, 0) is 19.9 Å². The van der Waals surface area contributed by atoms with Gasteiger partial charge in [0.1, 0.15) is 5.75 Å². The molecule has 1 saturated heterocycles. The van der Waals surface area contributed by atoms with Gasteiger partial charge in [0.15, 0.2) is 5.96 Å². The van der Waals surface area contributed by atoms with Crippen molar-refractivity contribution in [2.45, 2.75) is 19.9 Å². The lowest BCUT2D eigenvalue weighted by atomic mass is 10.0. The van der Waals surface area contributed by atoms with E-state index in [1.54, 1.807) is 14.2 Å². The Bertz CT molecular complexity index is 658.